The van der Waals surface area contributed by atoms with Crippen LogP contribution in [0.3, 0.4) is 0 Å². The van der Waals surface area contributed by atoms with E-state index in [-0.39, 0.29) is 10.8 Å². The van der Waals surface area contributed by atoms with Gasteiger partial charge in [-0.1, -0.05) is 128 Å². The molecule has 0 heterocycles. The minimum Gasteiger partial charge on any atom is -0.506 e. The van der Waals surface area contributed by atoms with Crippen LogP contribution in [0.25, 0.3) is 10.8 Å². The molecular weight excluding hydrogens is 490 g/mol. The second-order valence-electron chi connectivity index (χ2n) is 9.69. The van der Waals surface area contributed by atoms with Gasteiger partial charge >= 0.3 is 5.97 Å². The number of aromatic hydroxyl groups is 1. The van der Waals surface area contributed by atoms with Crippen LogP contribution in [-0.2, 0) is 10.1 Å². The molecule has 210 valence electrons. The minimum atomic E-state index is -4.58. The maximum absolute atomic E-state index is 11.2. The first-order chi connectivity index (χ1) is 17.7. The number of fused-ring (bicyclic) bond motifs is 1. The summed E-state index contributed by atoms with van der Waals surface area (Å²) >= 11 is 0. The number of carboxylic acid groups (broad SMARTS) is 1. The van der Waals surface area contributed by atoms with Gasteiger partial charge in [-0.05, 0) is 19.0 Å². The van der Waals surface area contributed by atoms with Crippen LogP contribution < -0.4 is 5.73 Å². The monoisotopic (exact) mass is 537 g/mol. The first-order valence-electron chi connectivity index (χ1n) is 13.9. The van der Waals surface area contributed by atoms with E-state index in [2.05, 4.69) is 6.92 Å². The molecule has 0 aliphatic carbocycles. The van der Waals surface area contributed by atoms with Gasteiger partial charge in [-0.15, -0.1) is 0 Å². The van der Waals surface area contributed by atoms with Crippen molar-refractivity contribution in [3.05, 3.63) is 35.9 Å². The Morgan fingerprint density at radius 2 is 1.16 bits per heavy atom. The zero-order valence-electron chi connectivity index (χ0n) is 22.5. The second-order valence-corrected chi connectivity index (χ2v) is 11.1. The fourth-order valence-electron chi connectivity index (χ4n) is 4.40. The molecule has 37 heavy (non-hydrogen) atoms. The van der Waals surface area contributed by atoms with E-state index in [4.69, 9.17) is 15.4 Å². The van der Waals surface area contributed by atoms with E-state index in [1.165, 1.54) is 127 Å². The summed E-state index contributed by atoms with van der Waals surface area (Å²) in [7, 11) is -4.58. The average molecular weight is 538 g/mol. The zero-order chi connectivity index (χ0) is 27.5. The van der Waals surface area contributed by atoms with Crippen LogP contribution in [0.2, 0.25) is 0 Å². The summed E-state index contributed by atoms with van der Waals surface area (Å²) in [6.07, 6.45) is 22.9. The number of benzene rings is 2. The topological polar surface area (TPSA) is 138 Å². The number of rotatable bonds is 18. The van der Waals surface area contributed by atoms with Crippen molar-refractivity contribution >= 4 is 26.9 Å². The summed E-state index contributed by atoms with van der Waals surface area (Å²) in [5.74, 6) is -2.02. The third kappa shape index (κ3) is 13.3. The van der Waals surface area contributed by atoms with Crippen LogP contribution in [0.1, 0.15) is 120 Å². The fraction of sp³-hybridized carbons (Fsp3) is 0.621. The van der Waals surface area contributed by atoms with Crippen molar-refractivity contribution in [1.82, 2.24) is 0 Å². The van der Waals surface area contributed by atoms with Gasteiger partial charge in [0.15, 0.2) is 0 Å². The van der Waals surface area contributed by atoms with Gasteiger partial charge in [0.1, 0.15) is 16.2 Å². The Kier molecular flexibility index (Phi) is 16.9. The molecule has 0 aromatic heterocycles. The Labute approximate surface area is 223 Å². The van der Waals surface area contributed by atoms with Gasteiger partial charge in [0.25, 0.3) is 10.1 Å². The number of phenols is 1. The molecular formula is C29H47NO6S. The van der Waals surface area contributed by atoms with E-state index >= 15 is 0 Å². The largest absolute Gasteiger partial charge is 0.506 e. The second kappa shape index (κ2) is 19.0. The summed E-state index contributed by atoms with van der Waals surface area (Å²) in [5, 5.41) is 18.7. The zero-order valence-corrected chi connectivity index (χ0v) is 23.3. The van der Waals surface area contributed by atoms with Crippen LogP contribution in [-0.4, -0.2) is 35.7 Å². The van der Waals surface area contributed by atoms with Gasteiger partial charge < -0.3 is 15.9 Å². The van der Waals surface area contributed by atoms with Crippen molar-refractivity contribution in [2.45, 2.75) is 115 Å². The molecule has 7 nitrogen and oxygen atoms in total. The number of carboxylic acids is 1. The molecule has 0 atom stereocenters. The summed E-state index contributed by atoms with van der Waals surface area (Å²) < 4.78 is 31.5. The molecule has 0 fully saturated rings. The van der Waals surface area contributed by atoms with E-state index in [0.717, 1.165) is 12.6 Å². The first kappa shape index (κ1) is 32.9. The maximum Gasteiger partial charge on any atom is 0.339 e. The summed E-state index contributed by atoms with van der Waals surface area (Å²) in [4.78, 5) is 10.4. The Morgan fingerprint density at radius 3 is 1.54 bits per heavy atom. The highest BCUT2D eigenvalue weighted by Gasteiger charge is 2.22. The molecule has 0 saturated carbocycles. The Hall–Kier alpha value is -2.16. The molecule has 2 aromatic rings. The van der Waals surface area contributed by atoms with Crippen molar-refractivity contribution in [1.29, 1.82) is 0 Å². The molecule has 0 aliphatic rings. The van der Waals surface area contributed by atoms with Gasteiger partial charge in [-0.3, -0.25) is 4.55 Å². The molecule has 0 spiro atoms. The van der Waals surface area contributed by atoms with Crippen molar-refractivity contribution in [2.24, 2.45) is 5.73 Å². The number of nitrogens with two attached hydrogens (primary N) is 1. The van der Waals surface area contributed by atoms with Crippen molar-refractivity contribution in [3.63, 3.8) is 0 Å². The van der Waals surface area contributed by atoms with Crippen LogP contribution >= 0.6 is 0 Å². The summed E-state index contributed by atoms with van der Waals surface area (Å²) in [6, 6.07) is 6.49. The standard InChI is InChI=1S/C18H39N.C11H8O6S/c1-2-3-4-5-6-7-8-9-10-11-12-13-14-15-16-17-18-19;12-10-7-4-2-1-3-6(7)9(18(15,16)17)5-8(10)11(13)14/h2-19H2,1H3;1-5,12H,(H,13,14)(H,15,16,17). The quantitative estimate of drug-likeness (QED) is 0.113. The van der Waals surface area contributed by atoms with E-state index in [1.54, 1.807) is 0 Å². The molecule has 0 saturated heterocycles. The number of carbonyl (C=O) groups is 1. The van der Waals surface area contributed by atoms with Crippen LogP contribution in [0, 0.1) is 0 Å². The van der Waals surface area contributed by atoms with Gasteiger partial charge in [0.05, 0.1) is 0 Å². The Morgan fingerprint density at radius 1 is 0.757 bits per heavy atom. The number of hydrogen-bond acceptors (Lipinski definition) is 5. The molecule has 0 radical (unpaired) electrons. The van der Waals surface area contributed by atoms with Gasteiger partial charge in [0.2, 0.25) is 0 Å². The fourth-order valence-corrected chi connectivity index (χ4v) is 5.12. The third-order valence-corrected chi connectivity index (χ3v) is 7.44. The minimum absolute atomic E-state index is 0.0463. The van der Waals surface area contributed by atoms with Crippen LogP contribution in [0.15, 0.2) is 35.2 Å². The predicted octanol–water partition coefficient (Wildman–Crippen LogP) is 7.70. The highest BCUT2D eigenvalue weighted by molar-refractivity contribution is 7.86. The van der Waals surface area contributed by atoms with Crippen LogP contribution in [0.4, 0.5) is 0 Å². The van der Waals surface area contributed by atoms with Crippen LogP contribution in [0.5, 0.6) is 5.75 Å². The smallest absolute Gasteiger partial charge is 0.339 e. The van der Waals surface area contributed by atoms with Crippen molar-refractivity contribution in [3.8, 4) is 5.75 Å². The lowest BCUT2D eigenvalue weighted by molar-refractivity contribution is 0.0693. The highest BCUT2D eigenvalue weighted by Crippen LogP contribution is 2.33. The lowest BCUT2D eigenvalue weighted by atomic mass is 10.0. The maximum atomic E-state index is 11.2. The molecule has 8 heteroatoms. The summed E-state index contributed by atoms with van der Waals surface area (Å²) in [6.45, 7) is 3.16. The van der Waals surface area contributed by atoms with Gasteiger partial charge in [0, 0.05) is 10.8 Å². The lowest BCUT2D eigenvalue weighted by Crippen LogP contribution is -2.04. The number of hydrogen-bond donors (Lipinski definition) is 4. The van der Waals surface area contributed by atoms with Gasteiger partial charge in [-0.25, -0.2) is 4.79 Å². The predicted molar refractivity (Wildman–Crippen MR) is 151 cm³/mol. The van der Waals surface area contributed by atoms with E-state index in [9.17, 15) is 18.3 Å². The van der Waals surface area contributed by atoms with E-state index < -0.39 is 32.3 Å². The van der Waals surface area contributed by atoms with Gasteiger partial charge in [-0.2, -0.15) is 8.42 Å². The molecule has 5 N–H and O–H groups in total. The average Bonchev–Trinajstić information content (AvgIpc) is 2.86. The molecule has 0 unspecified atom stereocenters. The Bertz CT molecular complexity index is 1010. The molecule has 0 amide bonds. The number of aromatic carboxylic acids is 1. The van der Waals surface area contributed by atoms with Crippen molar-refractivity contribution in [2.75, 3.05) is 6.54 Å². The SMILES string of the molecule is CCCCCCCCCCCCCCCCCCN.O=C(O)c1cc(S(=O)(=O)O)c2ccccc2c1O. The molecule has 2 aromatic carbocycles. The third-order valence-electron chi connectivity index (χ3n) is 6.54. The summed E-state index contributed by atoms with van der Waals surface area (Å²) in [5.41, 5.74) is 4.90. The Balaban J connectivity index is 0.000000370. The molecule has 0 aliphatic heterocycles. The lowest BCUT2D eigenvalue weighted by Gasteiger charge is -2.08. The van der Waals surface area contributed by atoms with Crippen molar-refractivity contribution < 1.29 is 28.0 Å². The highest BCUT2D eigenvalue weighted by atomic mass is 32.2. The normalized spacial score (nSPS) is 11.3. The number of unbranched alkanes of at least 4 members (excludes halogenated alkanes) is 15. The first-order valence-corrected chi connectivity index (χ1v) is 15.3. The van der Waals surface area contributed by atoms with E-state index in [0.29, 0.717) is 0 Å². The molecule has 0 bridgehead atoms. The molecule has 2 rings (SSSR count). The van der Waals surface area contributed by atoms with E-state index in [1.807, 2.05) is 0 Å².